The molecule has 0 aliphatic carbocycles. The van der Waals surface area contributed by atoms with Gasteiger partial charge in [-0.15, -0.1) is 0 Å². The van der Waals surface area contributed by atoms with E-state index in [0.717, 1.165) is 12.8 Å². The molecule has 0 fully saturated rings. The maximum Gasteiger partial charge on any atom is 0.275 e. The van der Waals surface area contributed by atoms with E-state index >= 15 is 0 Å². The number of amides is 1. The lowest BCUT2D eigenvalue weighted by Gasteiger charge is -2.06. The molecule has 0 unspecified atom stereocenters. The standard InChI is InChI=1S/C13H19NOS/c1-10(2)9-12-5-3-11(4-6-12)7-8-14-13(15)16/h3-6,10H,7-9H2,1-2H3,(H2,14,15,16). The Labute approximate surface area is 103 Å². The fourth-order valence-electron chi connectivity index (χ4n) is 1.63. The van der Waals surface area contributed by atoms with Crippen LogP contribution in [0.15, 0.2) is 24.3 Å². The topological polar surface area (TPSA) is 29.1 Å². The zero-order chi connectivity index (χ0) is 12.0. The first-order chi connectivity index (χ1) is 7.58. The van der Waals surface area contributed by atoms with Crippen molar-refractivity contribution in [2.24, 2.45) is 5.92 Å². The van der Waals surface area contributed by atoms with E-state index in [-0.39, 0.29) is 5.24 Å². The fourth-order valence-corrected chi connectivity index (χ4v) is 1.74. The van der Waals surface area contributed by atoms with Crippen molar-refractivity contribution < 1.29 is 4.79 Å². The molecule has 88 valence electrons. The quantitative estimate of drug-likeness (QED) is 0.757. The van der Waals surface area contributed by atoms with Gasteiger partial charge >= 0.3 is 0 Å². The van der Waals surface area contributed by atoms with Crippen LogP contribution in [0, 0.1) is 5.92 Å². The van der Waals surface area contributed by atoms with Crippen LogP contribution < -0.4 is 5.32 Å². The van der Waals surface area contributed by atoms with Gasteiger partial charge in [0, 0.05) is 6.54 Å². The van der Waals surface area contributed by atoms with Crippen LogP contribution in [0.1, 0.15) is 25.0 Å². The van der Waals surface area contributed by atoms with E-state index in [1.165, 1.54) is 11.1 Å². The average molecular weight is 237 g/mol. The number of thiol groups is 1. The van der Waals surface area contributed by atoms with Crippen molar-refractivity contribution >= 4 is 17.9 Å². The molecule has 0 atom stereocenters. The Morgan fingerprint density at radius 2 is 1.81 bits per heavy atom. The third-order valence-corrected chi connectivity index (χ3v) is 2.51. The van der Waals surface area contributed by atoms with Gasteiger partial charge < -0.3 is 5.32 Å². The van der Waals surface area contributed by atoms with Crippen LogP contribution in [-0.4, -0.2) is 11.8 Å². The SMILES string of the molecule is CC(C)Cc1ccc(CCNC(=O)S)cc1. The number of benzene rings is 1. The first-order valence-corrected chi connectivity index (χ1v) is 6.07. The molecule has 0 aliphatic heterocycles. The number of hydrogen-bond donors (Lipinski definition) is 2. The molecular weight excluding hydrogens is 218 g/mol. The summed E-state index contributed by atoms with van der Waals surface area (Å²) in [7, 11) is 0. The number of hydrogen-bond acceptors (Lipinski definition) is 1. The van der Waals surface area contributed by atoms with Crippen molar-refractivity contribution in [1.29, 1.82) is 0 Å². The van der Waals surface area contributed by atoms with Crippen LogP contribution in [0.4, 0.5) is 4.79 Å². The summed E-state index contributed by atoms with van der Waals surface area (Å²) in [4.78, 5) is 10.6. The maximum absolute atomic E-state index is 10.6. The molecule has 1 N–H and O–H groups in total. The summed E-state index contributed by atoms with van der Waals surface area (Å²) in [6.07, 6.45) is 1.97. The summed E-state index contributed by atoms with van der Waals surface area (Å²) in [5, 5.41) is 2.40. The third kappa shape index (κ3) is 5.21. The van der Waals surface area contributed by atoms with E-state index < -0.39 is 0 Å². The molecule has 0 radical (unpaired) electrons. The molecule has 1 rings (SSSR count). The summed E-state index contributed by atoms with van der Waals surface area (Å²) < 4.78 is 0. The Hall–Kier alpha value is -0.960. The largest absolute Gasteiger partial charge is 0.347 e. The lowest BCUT2D eigenvalue weighted by Crippen LogP contribution is -2.19. The minimum Gasteiger partial charge on any atom is -0.347 e. The Morgan fingerprint density at radius 3 is 2.31 bits per heavy atom. The molecule has 0 aromatic heterocycles. The highest BCUT2D eigenvalue weighted by Crippen LogP contribution is 2.09. The Balaban J connectivity index is 2.42. The van der Waals surface area contributed by atoms with E-state index in [1.807, 2.05) is 0 Å². The number of rotatable bonds is 5. The van der Waals surface area contributed by atoms with Gasteiger partial charge in [0.05, 0.1) is 0 Å². The smallest absolute Gasteiger partial charge is 0.275 e. The van der Waals surface area contributed by atoms with Gasteiger partial charge in [-0.1, -0.05) is 50.7 Å². The molecule has 1 aromatic carbocycles. The van der Waals surface area contributed by atoms with Crippen LogP contribution in [0.2, 0.25) is 0 Å². The van der Waals surface area contributed by atoms with Gasteiger partial charge in [-0.05, 0) is 29.9 Å². The second kappa shape index (κ2) is 6.59. The van der Waals surface area contributed by atoms with Gasteiger partial charge in [0.1, 0.15) is 0 Å². The Bertz CT molecular complexity index is 332. The second-order valence-corrected chi connectivity index (χ2v) is 4.80. The molecule has 16 heavy (non-hydrogen) atoms. The summed E-state index contributed by atoms with van der Waals surface area (Å²) >= 11 is 3.65. The molecule has 0 bridgehead atoms. The lowest BCUT2D eigenvalue weighted by molar-refractivity contribution is 0.261. The minimum atomic E-state index is -0.267. The molecule has 0 saturated carbocycles. The van der Waals surface area contributed by atoms with Crippen molar-refractivity contribution in [3.05, 3.63) is 35.4 Å². The minimum absolute atomic E-state index is 0.267. The van der Waals surface area contributed by atoms with E-state index in [1.54, 1.807) is 0 Å². The highest BCUT2D eigenvalue weighted by Gasteiger charge is 1.98. The van der Waals surface area contributed by atoms with E-state index in [0.29, 0.717) is 12.5 Å². The van der Waals surface area contributed by atoms with Crippen molar-refractivity contribution in [1.82, 2.24) is 5.32 Å². The van der Waals surface area contributed by atoms with Gasteiger partial charge in [0.25, 0.3) is 5.24 Å². The van der Waals surface area contributed by atoms with Crippen LogP contribution in [0.5, 0.6) is 0 Å². The van der Waals surface area contributed by atoms with E-state index in [2.05, 4.69) is 56.1 Å². The van der Waals surface area contributed by atoms with E-state index in [9.17, 15) is 4.79 Å². The van der Waals surface area contributed by atoms with E-state index in [4.69, 9.17) is 0 Å². The van der Waals surface area contributed by atoms with Gasteiger partial charge in [-0.2, -0.15) is 0 Å². The molecular formula is C13H19NOS. The number of carbonyl (C=O) groups excluding carboxylic acids is 1. The van der Waals surface area contributed by atoms with Crippen molar-refractivity contribution in [2.75, 3.05) is 6.54 Å². The zero-order valence-corrected chi connectivity index (χ0v) is 10.8. The van der Waals surface area contributed by atoms with Crippen molar-refractivity contribution in [2.45, 2.75) is 26.7 Å². The average Bonchev–Trinajstić information content (AvgIpc) is 2.19. The first-order valence-electron chi connectivity index (χ1n) is 5.62. The van der Waals surface area contributed by atoms with Crippen LogP contribution in [-0.2, 0) is 12.8 Å². The summed E-state index contributed by atoms with van der Waals surface area (Å²) in [6, 6.07) is 8.58. The zero-order valence-electron chi connectivity index (χ0n) is 9.86. The Kier molecular flexibility index (Phi) is 5.39. The molecule has 3 heteroatoms. The van der Waals surface area contributed by atoms with Gasteiger partial charge in [-0.3, -0.25) is 4.79 Å². The number of nitrogens with one attached hydrogen (secondary N) is 1. The molecule has 1 aromatic rings. The molecule has 0 spiro atoms. The summed E-state index contributed by atoms with van der Waals surface area (Å²) in [5.41, 5.74) is 2.62. The highest BCUT2D eigenvalue weighted by molar-refractivity contribution is 7.96. The molecule has 0 aliphatic rings. The van der Waals surface area contributed by atoms with Crippen molar-refractivity contribution in [3.8, 4) is 0 Å². The molecule has 0 heterocycles. The van der Waals surface area contributed by atoms with Gasteiger partial charge in [0.15, 0.2) is 0 Å². The third-order valence-electron chi connectivity index (χ3n) is 2.36. The van der Waals surface area contributed by atoms with Gasteiger partial charge in [-0.25, -0.2) is 0 Å². The van der Waals surface area contributed by atoms with Crippen LogP contribution >= 0.6 is 12.6 Å². The molecule has 0 saturated heterocycles. The maximum atomic E-state index is 10.6. The van der Waals surface area contributed by atoms with Crippen LogP contribution in [0.25, 0.3) is 0 Å². The second-order valence-electron chi connectivity index (χ2n) is 4.40. The fraction of sp³-hybridized carbons (Fsp3) is 0.462. The molecule has 2 nitrogen and oxygen atoms in total. The van der Waals surface area contributed by atoms with Gasteiger partial charge in [0.2, 0.25) is 0 Å². The number of carbonyl (C=O) groups is 1. The molecule has 1 amide bonds. The highest BCUT2D eigenvalue weighted by atomic mass is 32.1. The summed E-state index contributed by atoms with van der Waals surface area (Å²) in [6.45, 7) is 5.08. The van der Waals surface area contributed by atoms with Crippen LogP contribution in [0.3, 0.4) is 0 Å². The Morgan fingerprint density at radius 1 is 1.25 bits per heavy atom. The van der Waals surface area contributed by atoms with Crippen molar-refractivity contribution in [3.63, 3.8) is 0 Å². The normalized spacial score (nSPS) is 10.5. The predicted molar refractivity (Wildman–Crippen MR) is 71.1 cm³/mol. The predicted octanol–water partition coefficient (Wildman–Crippen LogP) is 3.07. The summed E-state index contributed by atoms with van der Waals surface area (Å²) in [5.74, 6) is 0.689. The lowest BCUT2D eigenvalue weighted by atomic mass is 10.0. The monoisotopic (exact) mass is 237 g/mol. The first kappa shape index (κ1) is 13.1.